The van der Waals surface area contributed by atoms with Crippen molar-refractivity contribution in [1.82, 2.24) is 4.98 Å². The third kappa shape index (κ3) is 4.61. The Hall–Kier alpha value is -2.31. The first-order valence-corrected chi connectivity index (χ1v) is 9.64. The molecule has 0 aliphatic carbocycles. The number of aryl methyl sites for hydroxylation is 1. The number of carbonyl (C=O) groups excluding carboxylic acids is 1. The van der Waals surface area contributed by atoms with E-state index in [1.807, 2.05) is 60.3 Å². The van der Waals surface area contributed by atoms with Crippen LogP contribution in [-0.4, -0.2) is 18.0 Å². The molecule has 0 saturated heterocycles. The largest absolute Gasteiger partial charge is 0.495 e. The Balaban J connectivity index is 1.65. The summed E-state index contributed by atoms with van der Waals surface area (Å²) in [6.07, 6.45) is 0. The fraction of sp³-hybridized carbons (Fsp3) is 0.158. The van der Waals surface area contributed by atoms with Crippen LogP contribution >= 0.6 is 23.1 Å². The second-order valence-electron chi connectivity index (χ2n) is 5.45. The highest BCUT2D eigenvalue weighted by molar-refractivity contribution is 7.98. The number of rotatable bonds is 6. The third-order valence-corrected chi connectivity index (χ3v) is 5.27. The molecule has 1 heterocycles. The van der Waals surface area contributed by atoms with Gasteiger partial charge in [0.1, 0.15) is 5.75 Å². The minimum atomic E-state index is -0.153. The quantitative estimate of drug-likeness (QED) is 0.620. The number of anilines is 1. The number of aromatic nitrogens is 1. The van der Waals surface area contributed by atoms with Gasteiger partial charge in [0.05, 0.1) is 24.0 Å². The molecule has 25 heavy (non-hydrogen) atoms. The van der Waals surface area contributed by atoms with Gasteiger partial charge in [0, 0.05) is 21.6 Å². The molecule has 6 heteroatoms. The summed E-state index contributed by atoms with van der Waals surface area (Å²) in [6.45, 7) is 1.98. The number of thioether (sulfide) groups is 1. The SMILES string of the molecule is COc1ccc(C)cc1NC(=O)c1ccc(SCc2cscn2)cc1. The maximum atomic E-state index is 12.5. The lowest BCUT2D eigenvalue weighted by Gasteiger charge is -2.11. The van der Waals surface area contributed by atoms with Crippen molar-refractivity contribution < 1.29 is 9.53 Å². The van der Waals surface area contributed by atoms with Gasteiger partial charge in [-0.3, -0.25) is 4.79 Å². The molecule has 1 aromatic heterocycles. The number of carbonyl (C=O) groups is 1. The van der Waals surface area contributed by atoms with Crippen LogP contribution in [-0.2, 0) is 5.75 Å². The monoisotopic (exact) mass is 370 g/mol. The molecular weight excluding hydrogens is 352 g/mol. The van der Waals surface area contributed by atoms with Crippen LogP contribution in [0.4, 0.5) is 5.69 Å². The Morgan fingerprint density at radius 3 is 2.72 bits per heavy atom. The molecule has 0 spiro atoms. The number of nitrogens with one attached hydrogen (secondary N) is 1. The molecule has 128 valence electrons. The van der Waals surface area contributed by atoms with Crippen LogP contribution in [0.15, 0.2) is 58.3 Å². The van der Waals surface area contributed by atoms with Gasteiger partial charge in [-0.2, -0.15) is 0 Å². The highest BCUT2D eigenvalue weighted by Gasteiger charge is 2.10. The van der Waals surface area contributed by atoms with Gasteiger partial charge in [-0.25, -0.2) is 4.98 Å². The molecule has 0 aliphatic rings. The average Bonchev–Trinajstić information content (AvgIpc) is 3.14. The summed E-state index contributed by atoms with van der Waals surface area (Å²) in [6, 6.07) is 13.3. The van der Waals surface area contributed by atoms with Gasteiger partial charge in [-0.05, 0) is 48.9 Å². The summed E-state index contributed by atoms with van der Waals surface area (Å²) in [7, 11) is 1.59. The van der Waals surface area contributed by atoms with Gasteiger partial charge in [0.25, 0.3) is 5.91 Å². The van der Waals surface area contributed by atoms with Gasteiger partial charge in [0.2, 0.25) is 0 Å². The summed E-state index contributed by atoms with van der Waals surface area (Å²) < 4.78 is 5.30. The van der Waals surface area contributed by atoms with Crippen LogP contribution in [0.5, 0.6) is 5.75 Å². The topological polar surface area (TPSA) is 51.2 Å². The first-order chi connectivity index (χ1) is 12.2. The summed E-state index contributed by atoms with van der Waals surface area (Å²) in [5, 5.41) is 4.96. The number of nitrogens with zero attached hydrogens (tertiary/aromatic N) is 1. The zero-order valence-electron chi connectivity index (χ0n) is 14.0. The molecule has 1 amide bonds. The van der Waals surface area contributed by atoms with Crippen molar-refractivity contribution in [1.29, 1.82) is 0 Å². The van der Waals surface area contributed by atoms with E-state index in [2.05, 4.69) is 10.3 Å². The van der Waals surface area contributed by atoms with Crippen molar-refractivity contribution in [3.63, 3.8) is 0 Å². The molecule has 0 bridgehead atoms. The second-order valence-corrected chi connectivity index (χ2v) is 7.22. The van der Waals surface area contributed by atoms with E-state index in [4.69, 9.17) is 4.74 Å². The van der Waals surface area contributed by atoms with E-state index < -0.39 is 0 Å². The first kappa shape index (κ1) is 17.5. The summed E-state index contributed by atoms with van der Waals surface area (Å²) in [4.78, 5) is 17.8. The number of hydrogen-bond donors (Lipinski definition) is 1. The van der Waals surface area contributed by atoms with E-state index in [1.165, 1.54) is 0 Å². The Labute approximate surface area is 155 Å². The molecule has 0 aliphatic heterocycles. The number of thiazole rings is 1. The van der Waals surface area contributed by atoms with Crippen LogP contribution in [0.25, 0.3) is 0 Å². The van der Waals surface area contributed by atoms with E-state index in [0.717, 1.165) is 21.9 Å². The van der Waals surface area contributed by atoms with E-state index in [1.54, 1.807) is 30.2 Å². The highest BCUT2D eigenvalue weighted by Crippen LogP contribution is 2.26. The van der Waals surface area contributed by atoms with Gasteiger partial charge >= 0.3 is 0 Å². The zero-order chi connectivity index (χ0) is 17.6. The minimum Gasteiger partial charge on any atom is -0.495 e. The molecule has 0 atom stereocenters. The molecule has 0 unspecified atom stereocenters. The van der Waals surface area contributed by atoms with E-state index in [9.17, 15) is 4.79 Å². The Kier molecular flexibility index (Phi) is 5.73. The standard InChI is InChI=1S/C19H18N2O2S2/c1-13-3-8-18(23-2)17(9-13)21-19(22)14-4-6-16(7-5-14)25-11-15-10-24-12-20-15/h3-10,12H,11H2,1-2H3,(H,21,22). The summed E-state index contributed by atoms with van der Waals surface area (Å²) in [5.74, 6) is 1.32. The highest BCUT2D eigenvalue weighted by atomic mass is 32.2. The van der Waals surface area contributed by atoms with Gasteiger partial charge in [0.15, 0.2) is 0 Å². The predicted molar refractivity (Wildman–Crippen MR) is 104 cm³/mol. The maximum absolute atomic E-state index is 12.5. The van der Waals surface area contributed by atoms with Crippen molar-refractivity contribution in [2.24, 2.45) is 0 Å². The Bertz CT molecular complexity index is 846. The lowest BCUT2D eigenvalue weighted by atomic mass is 10.1. The molecule has 0 fully saturated rings. The number of hydrogen-bond acceptors (Lipinski definition) is 5. The van der Waals surface area contributed by atoms with Crippen molar-refractivity contribution in [2.75, 3.05) is 12.4 Å². The molecule has 2 aromatic carbocycles. The molecular formula is C19H18N2O2S2. The normalized spacial score (nSPS) is 10.5. The van der Waals surface area contributed by atoms with E-state index >= 15 is 0 Å². The Morgan fingerprint density at radius 1 is 1.24 bits per heavy atom. The lowest BCUT2D eigenvalue weighted by molar-refractivity contribution is 0.102. The molecule has 0 radical (unpaired) electrons. The van der Waals surface area contributed by atoms with E-state index in [0.29, 0.717) is 17.0 Å². The third-order valence-electron chi connectivity index (χ3n) is 3.59. The number of benzene rings is 2. The number of ether oxygens (including phenoxy) is 1. The lowest BCUT2D eigenvalue weighted by Crippen LogP contribution is -2.12. The maximum Gasteiger partial charge on any atom is 0.255 e. The van der Waals surface area contributed by atoms with Crippen LogP contribution < -0.4 is 10.1 Å². The number of methoxy groups -OCH3 is 1. The average molecular weight is 370 g/mol. The molecule has 4 nitrogen and oxygen atoms in total. The van der Waals surface area contributed by atoms with Crippen molar-refractivity contribution in [2.45, 2.75) is 17.6 Å². The minimum absolute atomic E-state index is 0.153. The fourth-order valence-corrected chi connectivity index (χ4v) is 3.75. The molecule has 0 saturated carbocycles. The zero-order valence-corrected chi connectivity index (χ0v) is 15.6. The number of amides is 1. The first-order valence-electron chi connectivity index (χ1n) is 7.71. The summed E-state index contributed by atoms with van der Waals surface area (Å²) >= 11 is 3.30. The smallest absolute Gasteiger partial charge is 0.255 e. The molecule has 1 N–H and O–H groups in total. The van der Waals surface area contributed by atoms with Crippen LogP contribution in [0.2, 0.25) is 0 Å². The van der Waals surface area contributed by atoms with Crippen molar-refractivity contribution in [3.05, 3.63) is 70.2 Å². The molecule has 3 aromatic rings. The molecule has 3 rings (SSSR count). The van der Waals surface area contributed by atoms with Crippen molar-refractivity contribution >= 4 is 34.7 Å². The van der Waals surface area contributed by atoms with E-state index in [-0.39, 0.29) is 5.91 Å². The van der Waals surface area contributed by atoms with Crippen molar-refractivity contribution in [3.8, 4) is 5.75 Å². The Morgan fingerprint density at radius 2 is 2.04 bits per heavy atom. The summed E-state index contributed by atoms with van der Waals surface area (Å²) in [5.41, 5.74) is 5.26. The fourth-order valence-electron chi connectivity index (χ4n) is 2.28. The van der Waals surface area contributed by atoms with Gasteiger partial charge in [-0.15, -0.1) is 23.1 Å². The van der Waals surface area contributed by atoms with Crippen LogP contribution in [0, 0.1) is 6.92 Å². The van der Waals surface area contributed by atoms with Crippen LogP contribution in [0.3, 0.4) is 0 Å². The van der Waals surface area contributed by atoms with Gasteiger partial charge < -0.3 is 10.1 Å². The van der Waals surface area contributed by atoms with Gasteiger partial charge in [-0.1, -0.05) is 6.07 Å². The van der Waals surface area contributed by atoms with Crippen LogP contribution in [0.1, 0.15) is 21.6 Å². The predicted octanol–water partition coefficient (Wildman–Crippen LogP) is 5.00. The second kappa shape index (κ2) is 8.18.